The third-order valence-electron chi connectivity index (χ3n) is 5.56. The summed E-state index contributed by atoms with van der Waals surface area (Å²) in [5.74, 6) is 0.908. The molecule has 0 aliphatic heterocycles. The minimum atomic E-state index is -0.397. The van der Waals surface area contributed by atoms with E-state index in [1.54, 1.807) is 23.9 Å². The van der Waals surface area contributed by atoms with Gasteiger partial charge in [0.05, 0.1) is 17.2 Å². The molecule has 1 saturated carbocycles. The number of anilines is 1. The maximum Gasteiger partial charge on any atom is 0.256 e. The number of benzene rings is 2. The van der Waals surface area contributed by atoms with Gasteiger partial charge in [0.2, 0.25) is 0 Å². The average Bonchev–Trinajstić information content (AvgIpc) is 3.50. The van der Waals surface area contributed by atoms with E-state index < -0.39 is 5.54 Å². The predicted molar refractivity (Wildman–Crippen MR) is 143 cm³/mol. The lowest BCUT2D eigenvalue weighted by Crippen LogP contribution is -2.46. The molecule has 10 heteroatoms. The first-order chi connectivity index (χ1) is 16.2. The molecule has 1 aliphatic carbocycles. The van der Waals surface area contributed by atoms with E-state index in [1.165, 1.54) is 0 Å². The van der Waals surface area contributed by atoms with Gasteiger partial charge in [-0.15, -0.1) is 5.10 Å². The van der Waals surface area contributed by atoms with Gasteiger partial charge in [-0.05, 0) is 109 Å². The molecule has 2 aromatic carbocycles. The standard InChI is InChI=1S/C24H27IN6O2S/c1-14-12-15(21-28-29-30-31(21)16-9-10-16)8-11-19(14)26-22(32)17-6-5-7-18(25)20(17)23(33)27-24(2,3)13-34-4/h5-8,11-12,16H,9-10,13H2,1-4H3,(H,26,32)(H,27,33). The van der Waals surface area contributed by atoms with Crippen LogP contribution in [0.5, 0.6) is 0 Å². The summed E-state index contributed by atoms with van der Waals surface area (Å²) in [5.41, 5.74) is 2.78. The Kier molecular flexibility index (Phi) is 7.27. The lowest BCUT2D eigenvalue weighted by Gasteiger charge is -2.26. The van der Waals surface area contributed by atoms with Crippen LogP contribution in [-0.2, 0) is 0 Å². The first kappa shape index (κ1) is 24.6. The van der Waals surface area contributed by atoms with Crippen LogP contribution in [-0.4, -0.2) is 49.6 Å². The molecule has 2 N–H and O–H groups in total. The molecule has 1 heterocycles. The van der Waals surface area contributed by atoms with Gasteiger partial charge in [0.15, 0.2) is 5.82 Å². The number of amides is 2. The molecule has 0 atom stereocenters. The normalized spacial score (nSPS) is 13.6. The highest BCUT2D eigenvalue weighted by Gasteiger charge is 2.29. The van der Waals surface area contributed by atoms with E-state index >= 15 is 0 Å². The molecule has 0 bridgehead atoms. The van der Waals surface area contributed by atoms with Crippen molar-refractivity contribution >= 4 is 51.9 Å². The Balaban J connectivity index is 1.57. The SMILES string of the molecule is CSCC(C)(C)NC(=O)c1c(I)cccc1C(=O)Nc1ccc(-c2nnnn2C2CC2)cc1C. The molecule has 178 valence electrons. The Morgan fingerprint density at radius 2 is 1.97 bits per heavy atom. The van der Waals surface area contributed by atoms with Gasteiger partial charge >= 0.3 is 0 Å². The molecule has 0 saturated heterocycles. The number of hydrogen-bond donors (Lipinski definition) is 2. The molecule has 1 aliphatic rings. The van der Waals surface area contributed by atoms with Crippen molar-refractivity contribution in [1.82, 2.24) is 25.5 Å². The van der Waals surface area contributed by atoms with Gasteiger partial charge in [-0.3, -0.25) is 9.59 Å². The number of aromatic nitrogens is 4. The second kappa shape index (κ2) is 10.0. The summed E-state index contributed by atoms with van der Waals surface area (Å²) < 4.78 is 2.59. The minimum absolute atomic E-state index is 0.256. The third kappa shape index (κ3) is 5.43. The molecule has 2 amide bonds. The number of nitrogens with zero attached hydrogens (tertiary/aromatic N) is 4. The van der Waals surface area contributed by atoms with Crippen molar-refractivity contribution in [1.29, 1.82) is 0 Å². The fourth-order valence-electron chi connectivity index (χ4n) is 3.79. The van der Waals surface area contributed by atoms with Gasteiger partial charge in [-0.1, -0.05) is 6.07 Å². The van der Waals surface area contributed by atoms with E-state index in [4.69, 9.17) is 0 Å². The molecule has 8 nitrogen and oxygen atoms in total. The van der Waals surface area contributed by atoms with Gasteiger partial charge in [-0.25, -0.2) is 4.68 Å². The number of carbonyl (C=O) groups is 2. The number of rotatable bonds is 8. The van der Waals surface area contributed by atoms with Crippen molar-refractivity contribution in [3.8, 4) is 11.4 Å². The molecule has 34 heavy (non-hydrogen) atoms. The number of nitrogens with one attached hydrogen (secondary N) is 2. The molecule has 0 unspecified atom stereocenters. The zero-order valence-corrected chi connectivity index (χ0v) is 22.5. The monoisotopic (exact) mass is 590 g/mol. The van der Waals surface area contributed by atoms with E-state index in [0.29, 0.717) is 22.9 Å². The van der Waals surface area contributed by atoms with E-state index in [0.717, 1.165) is 39.1 Å². The highest BCUT2D eigenvalue weighted by Crippen LogP contribution is 2.37. The quantitative estimate of drug-likeness (QED) is 0.369. The Bertz CT molecular complexity index is 1240. The van der Waals surface area contributed by atoms with Crippen LogP contribution in [0.25, 0.3) is 11.4 Å². The first-order valence-corrected chi connectivity index (χ1v) is 13.5. The Morgan fingerprint density at radius 3 is 2.65 bits per heavy atom. The molecule has 0 spiro atoms. The molecular weight excluding hydrogens is 563 g/mol. The summed E-state index contributed by atoms with van der Waals surface area (Å²) in [7, 11) is 0. The van der Waals surface area contributed by atoms with Crippen LogP contribution in [0, 0.1) is 10.5 Å². The molecule has 0 radical (unpaired) electrons. The van der Waals surface area contributed by atoms with E-state index in [-0.39, 0.29) is 11.8 Å². The third-order valence-corrected chi connectivity index (χ3v) is 7.47. The van der Waals surface area contributed by atoms with Gasteiger partial charge in [-0.2, -0.15) is 11.8 Å². The second-order valence-electron chi connectivity index (χ2n) is 9.10. The molecule has 1 fully saturated rings. The smallest absolute Gasteiger partial charge is 0.256 e. The maximum atomic E-state index is 13.3. The van der Waals surface area contributed by atoms with Gasteiger partial charge in [0.1, 0.15) is 0 Å². The zero-order valence-electron chi connectivity index (χ0n) is 19.6. The predicted octanol–water partition coefficient (Wildman–Crippen LogP) is 4.71. The molecular formula is C24H27IN6O2S. The summed E-state index contributed by atoms with van der Waals surface area (Å²) >= 11 is 3.76. The number of halogens is 1. The van der Waals surface area contributed by atoms with Crippen molar-refractivity contribution < 1.29 is 9.59 Å². The summed E-state index contributed by atoms with van der Waals surface area (Å²) in [6, 6.07) is 11.4. The first-order valence-electron chi connectivity index (χ1n) is 11.0. The Morgan fingerprint density at radius 1 is 1.21 bits per heavy atom. The van der Waals surface area contributed by atoms with E-state index in [1.807, 2.05) is 56.0 Å². The topological polar surface area (TPSA) is 102 Å². The van der Waals surface area contributed by atoms with Crippen LogP contribution >= 0.6 is 34.4 Å². The number of tetrazole rings is 1. The van der Waals surface area contributed by atoms with Crippen LogP contribution in [0.3, 0.4) is 0 Å². The van der Waals surface area contributed by atoms with Gasteiger partial charge in [0, 0.05) is 26.1 Å². The number of thioether (sulfide) groups is 1. The molecule has 4 rings (SSSR count). The minimum Gasteiger partial charge on any atom is -0.346 e. The van der Waals surface area contributed by atoms with Crippen LogP contribution in [0.15, 0.2) is 36.4 Å². The molecule has 1 aromatic heterocycles. The van der Waals surface area contributed by atoms with E-state index in [9.17, 15) is 9.59 Å². The highest BCUT2D eigenvalue weighted by atomic mass is 127. The van der Waals surface area contributed by atoms with Crippen LogP contribution in [0.1, 0.15) is 59.0 Å². The summed E-state index contributed by atoms with van der Waals surface area (Å²) in [6.07, 6.45) is 4.18. The highest BCUT2D eigenvalue weighted by molar-refractivity contribution is 14.1. The summed E-state index contributed by atoms with van der Waals surface area (Å²) in [5, 5.41) is 18.2. The van der Waals surface area contributed by atoms with E-state index in [2.05, 4.69) is 48.7 Å². The van der Waals surface area contributed by atoms with Gasteiger partial charge in [0.25, 0.3) is 11.8 Å². The lowest BCUT2D eigenvalue weighted by atomic mass is 10.0. The van der Waals surface area contributed by atoms with Crippen molar-refractivity contribution in [2.75, 3.05) is 17.3 Å². The largest absolute Gasteiger partial charge is 0.346 e. The van der Waals surface area contributed by atoms with Crippen molar-refractivity contribution in [2.24, 2.45) is 0 Å². The second-order valence-corrected chi connectivity index (χ2v) is 11.1. The van der Waals surface area contributed by atoms with Crippen molar-refractivity contribution in [2.45, 2.75) is 45.2 Å². The zero-order chi connectivity index (χ0) is 24.5. The summed E-state index contributed by atoms with van der Waals surface area (Å²) in [4.78, 5) is 26.4. The summed E-state index contributed by atoms with van der Waals surface area (Å²) in [6.45, 7) is 5.88. The van der Waals surface area contributed by atoms with Crippen LogP contribution < -0.4 is 10.6 Å². The average molecular weight is 590 g/mol. The van der Waals surface area contributed by atoms with Crippen LogP contribution in [0.2, 0.25) is 0 Å². The fourth-order valence-corrected chi connectivity index (χ4v) is 5.33. The number of aryl methyl sites for hydroxylation is 1. The Labute approximate surface area is 216 Å². The van der Waals surface area contributed by atoms with Crippen molar-refractivity contribution in [3.05, 3.63) is 56.7 Å². The number of hydrogen-bond acceptors (Lipinski definition) is 6. The van der Waals surface area contributed by atoms with Crippen molar-refractivity contribution in [3.63, 3.8) is 0 Å². The maximum absolute atomic E-state index is 13.3. The van der Waals surface area contributed by atoms with Gasteiger partial charge < -0.3 is 10.6 Å². The molecule has 3 aromatic rings. The number of carbonyl (C=O) groups excluding carboxylic acids is 2. The van der Waals surface area contributed by atoms with Crippen LogP contribution in [0.4, 0.5) is 5.69 Å². The lowest BCUT2D eigenvalue weighted by molar-refractivity contribution is 0.0909. The Hall–Kier alpha value is -2.47. The fraction of sp³-hybridized carbons (Fsp3) is 0.375.